The number of aliphatic hydroxyl groups excluding tert-OH is 1. The molecule has 2 unspecified atom stereocenters. The number of phenols is 1. The van der Waals surface area contributed by atoms with E-state index in [1.54, 1.807) is 71.9 Å². The van der Waals surface area contributed by atoms with Crippen LogP contribution in [0.3, 0.4) is 0 Å². The van der Waals surface area contributed by atoms with E-state index in [1.807, 2.05) is 0 Å². The van der Waals surface area contributed by atoms with E-state index in [9.17, 15) is 63.3 Å². The van der Waals surface area contributed by atoms with Crippen LogP contribution in [-0.4, -0.2) is 127 Å². The number of imidazole rings is 1. The maximum absolute atomic E-state index is 14.5. The number of guanidine groups is 1. The van der Waals surface area contributed by atoms with Crippen molar-refractivity contribution in [3.63, 3.8) is 0 Å². The highest BCUT2D eigenvalue weighted by atomic mass is 16.4. The van der Waals surface area contributed by atoms with Crippen LogP contribution in [0.4, 0.5) is 0 Å². The van der Waals surface area contributed by atoms with E-state index in [0.29, 0.717) is 42.6 Å². The topological polar surface area (TPSA) is 399 Å². The number of phenolic OH excluding ortho intramolecular Hbond substituents is 1. The number of benzene rings is 2. The average molecular weight is 1120 g/mol. The molecule has 0 spiro atoms. The van der Waals surface area contributed by atoms with Crippen molar-refractivity contribution in [2.24, 2.45) is 63.6 Å². The molecule has 0 radical (unpaired) electrons. The summed E-state index contributed by atoms with van der Waals surface area (Å²) in [6.45, 7) is 11.7. The molecule has 5 amide bonds. The lowest BCUT2D eigenvalue weighted by Gasteiger charge is -2.29. The Hall–Kier alpha value is -7.82. The normalized spacial score (nSPS) is 15.4. The molecule has 2 aromatic carbocycles. The van der Waals surface area contributed by atoms with Gasteiger partial charge in [0.25, 0.3) is 0 Å². The van der Waals surface area contributed by atoms with E-state index in [4.69, 9.17) is 17.2 Å². The van der Waals surface area contributed by atoms with Crippen LogP contribution in [0.25, 0.3) is 0 Å². The Morgan fingerprint density at radius 1 is 0.625 bits per heavy atom. The van der Waals surface area contributed by atoms with Crippen molar-refractivity contribution in [1.29, 1.82) is 0 Å². The Kier molecular flexibility index (Phi) is 27.4. The molecule has 80 heavy (non-hydrogen) atoms. The van der Waals surface area contributed by atoms with E-state index in [0.717, 1.165) is 0 Å². The van der Waals surface area contributed by atoms with Gasteiger partial charge in [-0.3, -0.25) is 48.1 Å². The number of aliphatic hydroxyl groups is 1. The lowest BCUT2D eigenvalue weighted by molar-refractivity contribution is -0.144. The molecule has 0 bridgehead atoms. The number of nitrogens with one attached hydrogen (secondary N) is 5. The van der Waals surface area contributed by atoms with Crippen LogP contribution in [0.5, 0.6) is 5.75 Å². The van der Waals surface area contributed by atoms with Gasteiger partial charge in [0.15, 0.2) is 23.3 Å². The van der Waals surface area contributed by atoms with E-state index in [1.165, 1.54) is 43.7 Å². The smallest absolute Gasteiger partial charge is 0.326 e. The molecule has 0 aliphatic heterocycles. The monoisotopic (exact) mass is 1110 g/mol. The second-order valence-electron chi connectivity index (χ2n) is 21.2. The minimum atomic E-state index is -1.60. The first-order valence-electron chi connectivity index (χ1n) is 27.1. The van der Waals surface area contributed by atoms with Crippen molar-refractivity contribution >= 4 is 64.6 Å². The molecular weight excluding hydrogens is 1030 g/mol. The van der Waals surface area contributed by atoms with Crippen LogP contribution in [0.2, 0.25) is 0 Å². The van der Waals surface area contributed by atoms with Gasteiger partial charge in [0.05, 0.1) is 42.9 Å². The fourth-order valence-electron chi connectivity index (χ4n) is 9.06. The number of carboxylic acid groups (broad SMARTS) is 1. The summed E-state index contributed by atoms with van der Waals surface area (Å²) in [6, 6.07) is 8.90. The minimum absolute atomic E-state index is 0.0637. The van der Waals surface area contributed by atoms with Gasteiger partial charge in [0.1, 0.15) is 17.6 Å². The standard InChI is InChI=1S/C57H82N10O13/c1-8-32(4)41(54(77)67-51(31(2)3)49(73)27-42(35(7)68)55(78)66-45(56(79)80)23-36-14-10-9-11-15-36)26-48(72)44(28-50(58)74)65-53(76)38(22-37-16-18-40(69)19-17-37)24-47(71)43(25-39-29-61-30-63-39)64-52(75)34(6)21-46(70)33(5)13-12-20-62-57(59)60/h9-11,14-19,29-35,38,41-45,51,68-69H,8,12-13,20-28H2,1-7H3,(H2,58,74)(H,61,63)(H,64,75)(H,65,76)(H,66,78)(H,67,77)(H,79,80)(H4,59,60,62)/t32-,33-,34+,35+,38+,41?,42?,43-,44-,45-,51-/m0/s1. The second-order valence-corrected chi connectivity index (χ2v) is 21.2. The lowest BCUT2D eigenvalue weighted by atomic mass is 9.83. The number of aromatic amines is 1. The maximum Gasteiger partial charge on any atom is 0.326 e. The molecule has 1 aromatic heterocycles. The molecule has 3 aromatic rings. The summed E-state index contributed by atoms with van der Waals surface area (Å²) in [6.07, 6.45) is 0.0507. The summed E-state index contributed by atoms with van der Waals surface area (Å²) in [4.78, 5) is 148. The van der Waals surface area contributed by atoms with Gasteiger partial charge in [-0.05, 0) is 61.3 Å². The zero-order valence-corrected chi connectivity index (χ0v) is 46.8. The van der Waals surface area contributed by atoms with Crippen LogP contribution in [0.15, 0.2) is 72.1 Å². The lowest BCUT2D eigenvalue weighted by Crippen LogP contribution is -2.52. The van der Waals surface area contributed by atoms with Crippen LogP contribution in [-0.2, 0) is 67.2 Å². The van der Waals surface area contributed by atoms with Crippen LogP contribution in [0.1, 0.15) is 117 Å². The van der Waals surface area contributed by atoms with Crippen molar-refractivity contribution in [1.82, 2.24) is 31.2 Å². The number of amides is 5. The number of H-pyrrole nitrogens is 1. The number of hydrogen-bond donors (Lipinski definition) is 11. The molecule has 0 aliphatic carbocycles. The molecule has 23 nitrogen and oxygen atoms in total. The number of rotatable bonds is 37. The second kappa shape index (κ2) is 32.9. The van der Waals surface area contributed by atoms with Crippen molar-refractivity contribution in [2.75, 3.05) is 6.54 Å². The molecule has 0 aliphatic rings. The first-order chi connectivity index (χ1) is 37.7. The predicted molar refractivity (Wildman–Crippen MR) is 297 cm³/mol. The van der Waals surface area contributed by atoms with Gasteiger partial charge in [-0.1, -0.05) is 90.4 Å². The van der Waals surface area contributed by atoms with Gasteiger partial charge in [-0.15, -0.1) is 0 Å². The van der Waals surface area contributed by atoms with Crippen LogP contribution in [0, 0.1) is 41.4 Å². The Bertz CT molecular complexity index is 2590. The largest absolute Gasteiger partial charge is 0.508 e. The predicted octanol–water partition coefficient (Wildman–Crippen LogP) is 2.14. The number of nitrogens with zero attached hydrogens (tertiary/aromatic N) is 2. The number of aliphatic carboxylic acids is 1. The number of aliphatic imine (C=N–C) groups is 1. The molecule has 438 valence electrons. The molecule has 23 heteroatoms. The summed E-state index contributed by atoms with van der Waals surface area (Å²) >= 11 is 0. The van der Waals surface area contributed by atoms with E-state index < -0.39 is 150 Å². The number of Topliss-reactive ketones (excluding diaryl/α,β-unsaturated/α-hetero) is 4. The molecular formula is C57H82N10O13. The molecule has 11 atom stereocenters. The number of aromatic nitrogens is 2. The number of primary amides is 1. The minimum Gasteiger partial charge on any atom is -0.508 e. The molecule has 14 N–H and O–H groups in total. The zero-order chi connectivity index (χ0) is 59.8. The Labute approximate surface area is 466 Å². The Morgan fingerprint density at radius 2 is 1.21 bits per heavy atom. The number of ketones is 4. The number of hydrogen-bond acceptors (Lipinski definition) is 14. The van der Waals surface area contributed by atoms with Crippen LogP contribution < -0.4 is 38.5 Å². The van der Waals surface area contributed by atoms with E-state index in [2.05, 4.69) is 36.2 Å². The summed E-state index contributed by atoms with van der Waals surface area (Å²) in [7, 11) is 0. The molecule has 3 rings (SSSR count). The molecule has 1 heterocycles. The van der Waals surface area contributed by atoms with Gasteiger partial charge < -0.3 is 58.8 Å². The number of aromatic hydroxyl groups is 1. The van der Waals surface area contributed by atoms with Gasteiger partial charge in [-0.25, -0.2) is 9.78 Å². The average Bonchev–Trinajstić information content (AvgIpc) is 3.92. The quantitative estimate of drug-likeness (QED) is 0.0224. The Morgan fingerprint density at radius 3 is 1.77 bits per heavy atom. The highest BCUT2D eigenvalue weighted by Gasteiger charge is 2.38. The van der Waals surface area contributed by atoms with Crippen molar-refractivity contribution in [3.05, 3.63) is 83.9 Å². The highest BCUT2D eigenvalue weighted by molar-refractivity contribution is 5.99. The fraction of sp³-hybridized carbons (Fsp3) is 0.544. The third-order valence-corrected chi connectivity index (χ3v) is 14.3. The highest BCUT2D eigenvalue weighted by Crippen LogP contribution is 2.25. The van der Waals surface area contributed by atoms with Crippen LogP contribution >= 0.6 is 0 Å². The number of nitrogens with two attached hydrogens (primary N) is 3. The van der Waals surface area contributed by atoms with E-state index >= 15 is 0 Å². The van der Waals surface area contributed by atoms with Gasteiger partial charge in [-0.2, -0.15) is 0 Å². The molecule has 0 saturated heterocycles. The summed E-state index contributed by atoms with van der Waals surface area (Å²) < 4.78 is 0. The molecule has 0 saturated carbocycles. The summed E-state index contributed by atoms with van der Waals surface area (Å²) in [5.74, 6) is -13.9. The van der Waals surface area contributed by atoms with Crippen molar-refractivity contribution in [3.8, 4) is 5.75 Å². The van der Waals surface area contributed by atoms with Gasteiger partial charge in [0.2, 0.25) is 29.5 Å². The summed E-state index contributed by atoms with van der Waals surface area (Å²) in [5.41, 5.74) is 18.0. The fourth-order valence-corrected chi connectivity index (χ4v) is 9.06. The maximum atomic E-state index is 14.5. The third kappa shape index (κ3) is 22.5. The zero-order valence-electron chi connectivity index (χ0n) is 46.8. The molecule has 0 fully saturated rings. The number of carbonyl (C=O) groups excluding carboxylic acids is 9. The Balaban J connectivity index is 1.87. The first-order valence-corrected chi connectivity index (χ1v) is 27.1. The number of carboxylic acids is 1. The van der Waals surface area contributed by atoms with Gasteiger partial charge in [0, 0.05) is 80.6 Å². The third-order valence-electron chi connectivity index (χ3n) is 14.3. The SMILES string of the molecule is CC[C@H](C)C(CC(=O)[C@H](CC(N)=O)NC(=O)[C@@H](CC(=O)[C@H](Cc1cnc[nH]1)NC(=O)[C@H](C)CC(=O)[C@@H](C)CCCN=C(N)N)Cc1ccc(O)cc1)C(=O)N[C@H](C(=O)CC(C(=O)N[C@@H](Cc1ccccc1)C(=O)O)[C@@H](C)O)C(C)C. The van der Waals surface area contributed by atoms with E-state index in [-0.39, 0.29) is 43.2 Å². The van der Waals surface area contributed by atoms with Gasteiger partial charge >= 0.3 is 5.97 Å². The first kappa shape index (κ1) is 66.5. The summed E-state index contributed by atoms with van der Waals surface area (Å²) in [5, 5.41) is 41.1. The van der Waals surface area contributed by atoms with Crippen molar-refractivity contribution in [2.45, 2.75) is 149 Å². The number of carbonyl (C=O) groups is 10. The van der Waals surface area contributed by atoms with Crippen molar-refractivity contribution < 1.29 is 63.3 Å².